The van der Waals surface area contributed by atoms with Gasteiger partial charge < -0.3 is 11.1 Å². The van der Waals surface area contributed by atoms with Gasteiger partial charge in [-0.15, -0.1) is 0 Å². The lowest BCUT2D eigenvalue weighted by atomic mass is 10.1. The van der Waals surface area contributed by atoms with Gasteiger partial charge in [0, 0.05) is 24.2 Å². The van der Waals surface area contributed by atoms with Gasteiger partial charge in [-0.2, -0.15) is 4.39 Å². The largest absolute Gasteiger partial charge is 0.375 e. The molecule has 1 aliphatic carbocycles. The van der Waals surface area contributed by atoms with E-state index < -0.39 is 22.2 Å². The predicted octanol–water partition coefficient (Wildman–Crippen LogP) is 2.16. The van der Waals surface area contributed by atoms with Crippen LogP contribution in [0.1, 0.15) is 19.3 Å². The maximum absolute atomic E-state index is 13.4. The van der Waals surface area contributed by atoms with E-state index in [1.54, 1.807) is 0 Å². The summed E-state index contributed by atoms with van der Waals surface area (Å²) in [4.78, 5) is 9.92. The van der Waals surface area contributed by atoms with E-state index in [-0.39, 0.29) is 17.8 Å². The molecule has 0 heterocycles. The van der Waals surface area contributed by atoms with E-state index in [1.807, 2.05) is 0 Å². The molecule has 2 unspecified atom stereocenters. The fourth-order valence-electron chi connectivity index (χ4n) is 2.23. The molecule has 0 amide bonds. The van der Waals surface area contributed by atoms with E-state index in [1.165, 1.54) is 0 Å². The van der Waals surface area contributed by atoms with Gasteiger partial charge in [0.15, 0.2) is 0 Å². The summed E-state index contributed by atoms with van der Waals surface area (Å²) in [6.45, 7) is 0. The molecule has 0 spiro atoms. The fourth-order valence-corrected chi connectivity index (χ4v) is 2.23. The lowest BCUT2D eigenvalue weighted by Gasteiger charge is -2.18. The summed E-state index contributed by atoms with van der Waals surface area (Å²) in [6, 6.07) is 1.07. The molecule has 5 nitrogen and oxygen atoms in total. The SMILES string of the molecule is NC1CCCC1Nc1cc(F)cc(F)c1[N+](=O)[O-]. The molecule has 0 radical (unpaired) electrons. The number of nitrogens with zero attached hydrogens (tertiary/aromatic N) is 1. The lowest BCUT2D eigenvalue weighted by Crippen LogP contribution is -2.35. The quantitative estimate of drug-likeness (QED) is 0.642. The molecule has 98 valence electrons. The van der Waals surface area contributed by atoms with Crippen LogP contribution in [0.2, 0.25) is 0 Å². The van der Waals surface area contributed by atoms with Gasteiger partial charge in [-0.05, 0) is 19.3 Å². The number of nitro groups is 1. The first kappa shape index (κ1) is 12.7. The summed E-state index contributed by atoms with van der Waals surface area (Å²) < 4.78 is 26.5. The maximum atomic E-state index is 13.4. The van der Waals surface area contributed by atoms with Crippen LogP contribution in [0, 0.1) is 21.7 Å². The molecule has 1 aliphatic rings. The number of nitrogens with one attached hydrogen (secondary N) is 1. The van der Waals surface area contributed by atoms with E-state index in [0.717, 1.165) is 25.3 Å². The average Bonchev–Trinajstić information content (AvgIpc) is 2.62. The summed E-state index contributed by atoms with van der Waals surface area (Å²) in [6.07, 6.45) is 2.42. The number of hydrogen-bond donors (Lipinski definition) is 2. The molecule has 0 bridgehead atoms. The number of nitrogens with two attached hydrogens (primary N) is 1. The van der Waals surface area contributed by atoms with Crippen LogP contribution < -0.4 is 11.1 Å². The summed E-state index contributed by atoms with van der Waals surface area (Å²) in [7, 11) is 0. The van der Waals surface area contributed by atoms with Crippen LogP contribution in [0.3, 0.4) is 0 Å². The zero-order valence-corrected chi connectivity index (χ0v) is 9.53. The van der Waals surface area contributed by atoms with E-state index in [9.17, 15) is 18.9 Å². The third-order valence-corrected chi connectivity index (χ3v) is 3.12. The average molecular weight is 257 g/mol. The third kappa shape index (κ3) is 2.40. The molecule has 1 fully saturated rings. The minimum absolute atomic E-state index is 0.153. The minimum atomic E-state index is -1.19. The van der Waals surface area contributed by atoms with Gasteiger partial charge in [0.1, 0.15) is 11.5 Å². The summed E-state index contributed by atoms with van der Waals surface area (Å²) in [5, 5.41) is 13.6. The van der Waals surface area contributed by atoms with Crippen LogP contribution in [0.25, 0.3) is 0 Å². The monoisotopic (exact) mass is 257 g/mol. The Hall–Kier alpha value is -1.76. The van der Waals surface area contributed by atoms with Gasteiger partial charge in [-0.25, -0.2) is 4.39 Å². The highest BCUT2D eigenvalue weighted by molar-refractivity contribution is 5.63. The smallest absolute Gasteiger partial charge is 0.327 e. The first-order valence-electron chi connectivity index (χ1n) is 5.64. The van der Waals surface area contributed by atoms with Gasteiger partial charge >= 0.3 is 5.69 Å². The van der Waals surface area contributed by atoms with Crippen LogP contribution in [-0.2, 0) is 0 Å². The van der Waals surface area contributed by atoms with Gasteiger partial charge in [-0.1, -0.05) is 0 Å². The first-order valence-corrected chi connectivity index (χ1v) is 5.64. The van der Waals surface area contributed by atoms with E-state index in [2.05, 4.69) is 5.32 Å². The van der Waals surface area contributed by atoms with Crippen molar-refractivity contribution < 1.29 is 13.7 Å². The number of anilines is 1. The Morgan fingerprint density at radius 3 is 2.67 bits per heavy atom. The normalized spacial score (nSPS) is 23.1. The zero-order chi connectivity index (χ0) is 13.3. The van der Waals surface area contributed by atoms with Gasteiger partial charge in [0.05, 0.1) is 4.92 Å². The molecule has 1 aromatic carbocycles. The molecule has 18 heavy (non-hydrogen) atoms. The second-order valence-electron chi connectivity index (χ2n) is 4.39. The number of benzene rings is 1. The van der Waals surface area contributed by atoms with E-state index in [4.69, 9.17) is 5.73 Å². The second-order valence-corrected chi connectivity index (χ2v) is 4.39. The standard InChI is InChI=1S/C11H13F2N3O2/c12-6-4-7(13)11(16(17)18)10(5-6)15-9-3-1-2-8(9)14/h4-5,8-9,15H,1-3,14H2. The Morgan fingerprint density at radius 2 is 2.11 bits per heavy atom. The fraction of sp³-hybridized carbons (Fsp3) is 0.455. The van der Waals surface area contributed by atoms with Gasteiger partial charge in [0.2, 0.25) is 5.82 Å². The number of hydrogen-bond acceptors (Lipinski definition) is 4. The van der Waals surface area contributed by atoms with Crippen LogP contribution in [0.4, 0.5) is 20.2 Å². The lowest BCUT2D eigenvalue weighted by molar-refractivity contribution is -0.386. The van der Waals surface area contributed by atoms with Crippen molar-refractivity contribution in [3.63, 3.8) is 0 Å². The van der Waals surface area contributed by atoms with Crippen molar-refractivity contribution in [2.45, 2.75) is 31.3 Å². The second kappa shape index (κ2) is 4.85. The first-order chi connectivity index (χ1) is 8.49. The molecule has 2 atom stereocenters. The highest BCUT2D eigenvalue weighted by Gasteiger charge is 2.28. The molecule has 1 aromatic rings. The Morgan fingerprint density at radius 1 is 1.39 bits per heavy atom. The molecule has 0 aliphatic heterocycles. The molecule has 2 rings (SSSR count). The molecule has 0 aromatic heterocycles. The number of halogens is 2. The molecule has 0 saturated heterocycles. The topological polar surface area (TPSA) is 81.2 Å². The Bertz CT molecular complexity index is 482. The van der Waals surface area contributed by atoms with Crippen molar-refractivity contribution in [1.82, 2.24) is 0 Å². The van der Waals surface area contributed by atoms with Gasteiger partial charge in [-0.3, -0.25) is 10.1 Å². The minimum Gasteiger partial charge on any atom is -0.375 e. The number of rotatable bonds is 3. The Kier molecular flexibility index (Phi) is 3.42. The molecular formula is C11H13F2N3O2. The van der Waals surface area contributed by atoms with Crippen LogP contribution in [-0.4, -0.2) is 17.0 Å². The van der Waals surface area contributed by atoms with Crippen molar-refractivity contribution in [2.24, 2.45) is 5.73 Å². The van der Waals surface area contributed by atoms with Crippen molar-refractivity contribution in [1.29, 1.82) is 0 Å². The van der Waals surface area contributed by atoms with Crippen molar-refractivity contribution >= 4 is 11.4 Å². The van der Waals surface area contributed by atoms with Crippen molar-refractivity contribution in [2.75, 3.05) is 5.32 Å². The predicted molar refractivity (Wildman–Crippen MR) is 62.2 cm³/mol. The van der Waals surface area contributed by atoms with E-state index in [0.29, 0.717) is 6.07 Å². The van der Waals surface area contributed by atoms with Gasteiger partial charge in [0.25, 0.3) is 0 Å². The number of nitro benzene ring substituents is 1. The van der Waals surface area contributed by atoms with Crippen molar-refractivity contribution in [3.05, 3.63) is 33.9 Å². The zero-order valence-electron chi connectivity index (χ0n) is 9.53. The molecule has 7 heteroatoms. The van der Waals surface area contributed by atoms with Crippen LogP contribution >= 0.6 is 0 Å². The molecule has 3 N–H and O–H groups in total. The van der Waals surface area contributed by atoms with Crippen molar-refractivity contribution in [3.8, 4) is 0 Å². The molecule has 1 saturated carbocycles. The summed E-state index contributed by atoms with van der Waals surface area (Å²) in [5.41, 5.74) is 4.92. The Balaban J connectivity index is 2.33. The third-order valence-electron chi connectivity index (χ3n) is 3.12. The Labute approximate surface area is 102 Å². The molecular weight excluding hydrogens is 244 g/mol. The maximum Gasteiger partial charge on any atom is 0.327 e. The van der Waals surface area contributed by atoms with E-state index >= 15 is 0 Å². The van der Waals surface area contributed by atoms with Crippen LogP contribution in [0.15, 0.2) is 12.1 Å². The van der Waals surface area contributed by atoms with Crippen LogP contribution in [0.5, 0.6) is 0 Å². The summed E-state index contributed by atoms with van der Waals surface area (Å²) in [5.74, 6) is -2.04. The highest BCUT2D eigenvalue weighted by atomic mass is 19.1. The highest BCUT2D eigenvalue weighted by Crippen LogP contribution is 2.31. The summed E-state index contributed by atoms with van der Waals surface area (Å²) >= 11 is 0.